The summed E-state index contributed by atoms with van der Waals surface area (Å²) in [5.41, 5.74) is 1.01. The number of carbonyl (C=O) groups is 3. The molecule has 1 aromatic carbocycles. The minimum absolute atomic E-state index is 0.00743. The van der Waals surface area contributed by atoms with Crippen LogP contribution in [0.4, 0.5) is 5.69 Å². The Labute approximate surface area is 143 Å². The highest BCUT2D eigenvalue weighted by Gasteiger charge is 2.13. The molecule has 0 atom stereocenters. The number of hydrogen-bond acceptors (Lipinski definition) is 5. The molecule has 0 aliphatic carbocycles. The third-order valence-corrected chi connectivity index (χ3v) is 3.55. The van der Waals surface area contributed by atoms with Gasteiger partial charge in [0.05, 0.1) is 23.4 Å². The summed E-state index contributed by atoms with van der Waals surface area (Å²) in [6.45, 7) is 0. The van der Waals surface area contributed by atoms with Crippen molar-refractivity contribution in [3.63, 3.8) is 0 Å². The van der Waals surface area contributed by atoms with Crippen LogP contribution >= 0.6 is 11.6 Å². The highest BCUT2D eigenvalue weighted by Crippen LogP contribution is 2.23. The molecule has 0 spiro atoms. The van der Waals surface area contributed by atoms with Crippen molar-refractivity contribution in [2.24, 2.45) is 0 Å². The van der Waals surface area contributed by atoms with Crippen molar-refractivity contribution in [1.29, 1.82) is 0 Å². The van der Waals surface area contributed by atoms with E-state index in [0.717, 1.165) is 0 Å². The lowest BCUT2D eigenvalue weighted by atomic mass is 10.1. The molecule has 124 valence electrons. The highest BCUT2D eigenvalue weighted by atomic mass is 35.5. The number of anilines is 1. The summed E-state index contributed by atoms with van der Waals surface area (Å²) in [5, 5.41) is 2.88. The second-order valence-corrected chi connectivity index (χ2v) is 5.31. The molecular formula is C17H15ClN2O4. The fraction of sp³-hybridized carbons (Fsp3) is 0.176. The van der Waals surface area contributed by atoms with E-state index in [9.17, 15) is 14.4 Å². The van der Waals surface area contributed by atoms with Gasteiger partial charge in [-0.1, -0.05) is 11.6 Å². The number of carbonyl (C=O) groups excluding carboxylic acids is 3. The standard InChI is InChI=1S/C17H15ClN2O4/c1-24-17(23)11-4-5-13(18)14(9-11)20-16(22)7-6-15(21)12-3-2-8-19-10-12/h2-5,8-10H,6-7H2,1H3,(H,20,22). The Morgan fingerprint density at radius 2 is 1.96 bits per heavy atom. The maximum absolute atomic E-state index is 12.0. The number of halogens is 1. The second kappa shape index (κ2) is 8.21. The fourth-order valence-electron chi connectivity index (χ4n) is 1.98. The van der Waals surface area contributed by atoms with Crippen molar-refractivity contribution in [2.45, 2.75) is 12.8 Å². The first-order valence-electron chi connectivity index (χ1n) is 7.12. The maximum Gasteiger partial charge on any atom is 0.337 e. The summed E-state index contributed by atoms with van der Waals surface area (Å²) in [6.07, 6.45) is 3.06. The number of Topliss-reactive ketones (excluding diaryl/α,β-unsaturated/α-hetero) is 1. The van der Waals surface area contributed by atoms with Crippen molar-refractivity contribution in [3.8, 4) is 0 Å². The topological polar surface area (TPSA) is 85.4 Å². The number of aromatic nitrogens is 1. The van der Waals surface area contributed by atoms with E-state index < -0.39 is 5.97 Å². The van der Waals surface area contributed by atoms with Gasteiger partial charge in [-0.3, -0.25) is 14.6 Å². The first-order valence-corrected chi connectivity index (χ1v) is 7.50. The van der Waals surface area contributed by atoms with E-state index in [1.54, 1.807) is 18.3 Å². The lowest BCUT2D eigenvalue weighted by Crippen LogP contribution is -2.14. The summed E-state index contributed by atoms with van der Waals surface area (Å²) >= 11 is 6.00. The molecule has 0 fully saturated rings. The monoisotopic (exact) mass is 346 g/mol. The Morgan fingerprint density at radius 3 is 2.62 bits per heavy atom. The number of rotatable bonds is 6. The highest BCUT2D eigenvalue weighted by molar-refractivity contribution is 6.33. The molecule has 2 aromatic rings. The normalized spacial score (nSPS) is 10.1. The fourth-order valence-corrected chi connectivity index (χ4v) is 2.14. The Balaban J connectivity index is 1.97. The Bertz CT molecular complexity index is 762. The van der Waals surface area contributed by atoms with E-state index in [2.05, 4.69) is 15.0 Å². The van der Waals surface area contributed by atoms with Gasteiger partial charge in [0, 0.05) is 30.8 Å². The third-order valence-electron chi connectivity index (χ3n) is 3.22. The molecule has 1 N–H and O–H groups in total. The van der Waals surface area contributed by atoms with Crippen molar-refractivity contribution in [2.75, 3.05) is 12.4 Å². The molecule has 0 bridgehead atoms. The van der Waals surface area contributed by atoms with Crippen LogP contribution in [0.5, 0.6) is 0 Å². The average Bonchev–Trinajstić information content (AvgIpc) is 2.61. The molecule has 24 heavy (non-hydrogen) atoms. The van der Waals surface area contributed by atoms with Crippen molar-refractivity contribution < 1.29 is 19.1 Å². The van der Waals surface area contributed by atoms with E-state index in [1.807, 2.05) is 0 Å². The largest absolute Gasteiger partial charge is 0.465 e. The summed E-state index contributed by atoms with van der Waals surface area (Å²) < 4.78 is 4.62. The first kappa shape index (κ1) is 17.6. The lowest BCUT2D eigenvalue weighted by molar-refractivity contribution is -0.116. The van der Waals surface area contributed by atoms with Crippen LogP contribution in [0.1, 0.15) is 33.6 Å². The average molecular weight is 347 g/mol. The quantitative estimate of drug-likeness (QED) is 0.641. The van der Waals surface area contributed by atoms with Gasteiger partial charge in [0.1, 0.15) is 0 Å². The van der Waals surface area contributed by atoms with Crippen molar-refractivity contribution in [3.05, 3.63) is 58.9 Å². The maximum atomic E-state index is 12.0. The zero-order valence-corrected chi connectivity index (χ0v) is 13.7. The molecule has 1 heterocycles. The molecule has 0 aliphatic heterocycles. The van der Waals surface area contributed by atoms with Gasteiger partial charge in [-0.25, -0.2) is 4.79 Å². The van der Waals surface area contributed by atoms with Crippen LogP contribution in [0.2, 0.25) is 5.02 Å². The summed E-state index contributed by atoms with van der Waals surface area (Å²) in [4.78, 5) is 39.3. The number of benzene rings is 1. The predicted molar refractivity (Wildman–Crippen MR) is 89.2 cm³/mol. The molecule has 0 radical (unpaired) electrons. The van der Waals surface area contributed by atoms with Crippen LogP contribution in [0.15, 0.2) is 42.7 Å². The van der Waals surface area contributed by atoms with Crippen LogP contribution < -0.4 is 5.32 Å². The van der Waals surface area contributed by atoms with Crippen LogP contribution in [0.3, 0.4) is 0 Å². The number of ketones is 1. The zero-order chi connectivity index (χ0) is 17.5. The second-order valence-electron chi connectivity index (χ2n) is 4.90. The number of hydrogen-bond donors (Lipinski definition) is 1. The summed E-state index contributed by atoms with van der Waals surface area (Å²) in [7, 11) is 1.26. The van der Waals surface area contributed by atoms with E-state index in [1.165, 1.54) is 31.5 Å². The number of ether oxygens (including phenoxy) is 1. The minimum atomic E-state index is -0.533. The van der Waals surface area contributed by atoms with Gasteiger partial charge in [-0.05, 0) is 30.3 Å². The van der Waals surface area contributed by atoms with Gasteiger partial charge in [-0.15, -0.1) is 0 Å². The number of pyridine rings is 1. The molecule has 2 rings (SSSR count). The van der Waals surface area contributed by atoms with Gasteiger partial charge >= 0.3 is 5.97 Å². The van der Waals surface area contributed by atoms with Gasteiger partial charge in [0.2, 0.25) is 5.91 Å². The van der Waals surface area contributed by atoms with Crippen molar-refractivity contribution in [1.82, 2.24) is 4.98 Å². The molecule has 6 nitrogen and oxygen atoms in total. The molecule has 0 aliphatic rings. The Morgan fingerprint density at radius 1 is 1.17 bits per heavy atom. The van der Waals surface area contributed by atoms with Crippen molar-refractivity contribution >= 4 is 34.9 Å². The van der Waals surface area contributed by atoms with Gasteiger partial charge in [0.25, 0.3) is 0 Å². The number of methoxy groups -OCH3 is 1. The molecule has 0 saturated heterocycles. The third kappa shape index (κ3) is 4.63. The number of nitrogens with zero attached hydrogens (tertiary/aromatic N) is 1. The zero-order valence-electron chi connectivity index (χ0n) is 12.9. The van der Waals surface area contributed by atoms with E-state index >= 15 is 0 Å². The van der Waals surface area contributed by atoms with Crippen LogP contribution in [0.25, 0.3) is 0 Å². The predicted octanol–water partition coefficient (Wildman–Crippen LogP) is 3.12. The van der Waals surface area contributed by atoms with Gasteiger partial charge in [0.15, 0.2) is 5.78 Å². The van der Waals surface area contributed by atoms with Crippen LogP contribution in [-0.2, 0) is 9.53 Å². The molecule has 7 heteroatoms. The van der Waals surface area contributed by atoms with E-state index in [-0.39, 0.29) is 35.1 Å². The SMILES string of the molecule is COC(=O)c1ccc(Cl)c(NC(=O)CCC(=O)c2cccnc2)c1. The molecule has 0 saturated carbocycles. The Hall–Kier alpha value is -2.73. The number of nitrogens with one attached hydrogen (secondary N) is 1. The number of amides is 1. The molecule has 1 amide bonds. The van der Waals surface area contributed by atoms with Crippen LogP contribution in [-0.4, -0.2) is 29.8 Å². The first-order chi connectivity index (χ1) is 11.5. The number of esters is 1. The van der Waals surface area contributed by atoms with E-state index in [0.29, 0.717) is 11.3 Å². The van der Waals surface area contributed by atoms with Gasteiger partial charge in [-0.2, -0.15) is 0 Å². The summed E-state index contributed by atoms with van der Waals surface area (Å²) in [5.74, 6) is -1.09. The molecular weight excluding hydrogens is 332 g/mol. The molecule has 1 aromatic heterocycles. The van der Waals surface area contributed by atoms with Crippen LogP contribution in [0, 0.1) is 0 Å². The van der Waals surface area contributed by atoms with E-state index in [4.69, 9.17) is 11.6 Å². The Kier molecular flexibility index (Phi) is 6.03. The lowest BCUT2D eigenvalue weighted by Gasteiger charge is -2.09. The van der Waals surface area contributed by atoms with Gasteiger partial charge < -0.3 is 10.1 Å². The summed E-state index contributed by atoms with van der Waals surface area (Å²) in [6, 6.07) is 7.71. The smallest absolute Gasteiger partial charge is 0.337 e. The molecule has 0 unspecified atom stereocenters. The minimum Gasteiger partial charge on any atom is -0.465 e.